The van der Waals surface area contributed by atoms with Crippen LogP contribution in [0.2, 0.25) is 0 Å². The van der Waals surface area contributed by atoms with E-state index in [1.54, 1.807) is 4.90 Å². The molecule has 2 fully saturated rings. The minimum atomic E-state index is -0.553. The van der Waals surface area contributed by atoms with Crippen LogP contribution in [0.4, 0.5) is 0 Å². The summed E-state index contributed by atoms with van der Waals surface area (Å²) in [7, 11) is 2.02. The van der Waals surface area contributed by atoms with E-state index in [0.29, 0.717) is 18.5 Å². The summed E-state index contributed by atoms with van der Waals surface area (Å²) in [5.74, 6) is -0.727. The Balaban J connectivity index is 1.43. The van der Waals surface area contributed by atoms with Gasteiger partial charge in [0, 0.05) is 43.7 Å². The third-order valence-corrected chi connectivity index (χ3v) is 6.56. The average Bonchev–Trinajstić information content (AvgIpc) is 3.00. The van der Waals surface area contributed by atoms with Crippen LogP contribution < -0.4 is 10.6 Å². The smallest absolute Gasteiger partial charge is 0.255 e. The summed E-state index contributed by atoms with van der Waals surface area (Å²) < 4.78 is 0. The first kappa shape index (κ1) is 19.1. The van der Waals surface area contributed by atoms with Crippen molar-refractivity contribution in [3.63, 3.8) is 0 Å². The number of likely N-dealkylation sites (tertiary alicyclic amines) is 1. The first-order chi connectivity index (χ1) is 13.4. The Morgan fingerprint density at radius 3 is 2.64 bits per heavy atom. The Labute approximate surface area is 165 Å². The number of hydrogen-bond acceptors (Lipinski definition) is 5. The van der Waals surface area contributed by atoms with Crippen molar-refractivity contribution in [2.24, 2.45) is 0 Å². The highest BCUT2D eigenvalue weighted by atomic mass is 16.2. The number of nitrogens with one attached hydrogen (secondary N) is 2. The van der Waals surface area contributed by atoms with Gasteiger partial charge in [0.2, 0.25) is 11.8 Å². The number of imide groups is 1. The molecule has 3 aliphatic heterocycles. The lowest BCUT2D eigenvalue weighted by Gasteiger charge is -2.39. The Morgan fingerprint density at radius 1 is 1.21 bits per heavy atom. The van der Waals surface area contributed by atoms with Gasteiger partial charge in [0.15, 0.2) is 0 Å². The van der Waals surface area contributed by atoms with E-state index in [4.69, 9.17) is 0 Å². The maximum atomic E-state index is 12.9. The lowest BCUT2D eigenvalue weighted by molar-refractivity contribution is -0.136. The maximum Gasteiger partial charge on any atom is 0.255 e. The number of fused-ring (bicyclic) bond motifs is 1. The minimum absolute atomic E-state index is 0.104. The van der Waals surface area contributed by atoms with E-state index in [0.717, 1.165) is 43.6 Å². The Kier molecular flexibility index (Phi) is 4.97. The van der Waals surface area contributed by atoms with E-state index in [1.165, 1.54) is 0 Å². The van der Waals surface area contributed by atoms with Gasteiger partial charge in [-0.3, -0.25) is 24.6 Å². The predicted octanol–water partition coefficient (Wildman–Crippen LogP) is 1.02. The van der Waals surface area contributed by atoms with Crippen LogP contribution >= 0.6 is 0 Å². The molecule has 2 saturated heterocycles. The molecule has 150 valence electrons. The molecule has 1 unspecified atom stereocenters. The van der Waals surface area contributed by atoms with Crippen molar-refractivity contribution < 1.29 is 14.4 Å². The van der Waals surface area contributed by atoms with Crippen molar-refractivity contribution in [1.29, 1.82) is 0 Å². The van der Waals surface area contributed by atoms with E-state index >= 15 is 0 Å². The van der Waals surface area contributed by atoms with Gasteiger partial charge in [0.1, 0.15) is 6.04 Å². The third-order valence-electron chi connectivity index (χ3n) is 6.56. The van der Waals surface area contributed by atoms with Gasteiger partial charge in [-0.2, -0.15) is 0 Å². The van der Waals surface area contributed by atoms with E-state index in [2.05, 4.69) is 28.5 Å². The molecule has 28 heavy (non-hydrogen) atoms. The number of benzene rings is 1. The summed E-state index contributed by atoms with van der Waals surface area (Å²) in [4.78, 5) is 40.5. The lowest BCUT2D eigenvalue weighted by Crippen LogP contribution is -2.52. The highest BCUT2D eigenvalue weighted by Crippen LogP contribution is 2.29. The zero-order valence-electron chi connectivity index (χ0n) is 16.6. The van der Waals surface area contributed by atoms with Crippen molar-refractivity contribution in [3.8, 4) is 0 Å². The van der Waals surface area contributed by atoms with Crippen LogP contribution in [0.25, 0.3) is 0 Å². The van der Waals surface area contributed by atoms with Crippen LogP contribution in [0.15, 0.2) is 18.2 Å². The fraction of sp³-hybridized carbons (Fsp3) is 0.571. The van der Waals surface area contributed by atoms with Crippen molar-refractivity contribution in [2.75, 3.05) is 20.1 Å². The van der Waals surface area contributed by atoms with Gasteiger partial charge < -0.3 is 10.2 Å². The molecule has 2 N–H and O–H groups in total. The predicted molar refractivity (Wildman–Crippen MR) is 104 cm³/mol. The first-order valence-electron chi connectivity index (χ1n) is 10.1. The van der Waals surface area contributed by atoms with Crippen LogP contribution in [-0.2, 0) is 22.7 Å². The molecule has 0 aliphatic carbocycles. The summed E-state index contributed by atoms with van der Waals surface area (Å²) in [6.45, 7) is 5.60. The molecule has 3 heterocycles. The van der Waals surface area contributed by atoms with Crippen LogP contribution in [0.3, 0.4) is 0 Å². The first-order valence-corrected chi connectivity index (χ1v) is 10.1. The highest BCUT2D eigenvalue weighted by Gasteiger charge is 2.39. The number of amides is 3. The zero-order chi connectivity index (χ0) is 19.9. The van der Waals surface area contributed by atoms with Gasteiger partial charge in [0.05, 0.1) is 0 Å². The highest BCUT2D eigenvalue weighted by molar-refractivity contribution is 6.05. The number of rotatable bonds is 4. The molecule has 0 spiro atoms. The monoisotopic (exact) mass is 384 g/mol. The molecule has 7 heteroatoms. The second kappa shape index (κ2) is 7.29. The largest absolute Gasteiger partial charge is 0.322 e. The molecule has 7 nitrogen and oxygen atoms in total. The van der Waals surface area contributed by atoms with Gasteiger partial charge in [0.25, 0.3) is 5.91 Å². The minimum Gasteiger partial charge on any atom is -0.322 e. The maximum absolute atomic E-state index is 12.9. The second-order valence-electron chi connectivity index (χ2n) is 8.48. The SMILES string of the molecule is CNC1(C)CCN(Cc2ccc3c(c2)C(=O)N(C2CCC(=O)NC2=O)C3)CC1. The van der Waals surface area contributed by atoms with Gasteiger partial charge in [-0.25, -0.2) is 0 Å². The van der Waals surface area contributed by atoms with E-state index in [9.17, 15) is 14.4 Å². The van der Waals surface area contributed by atoms with E-state index in [-0.39, 0.29) is 29.7 Å². The molecule has 0 bridgehead atoms. The number of carbonyl (C=O) groups is 3. The summed E-state index contributed by atoms with van der Waals surface area (Å²) in [6.07, 6.45) is 2.89. The second-order valence-corrected chi connectivity index (χ2v) is 8.48. The molecule has 4 rings (SSSR count). The fourth-order valence-corrected chi connectivity index (χ4v) is 4.41. The molecule has 3 amide bonds. The molecule has 0 radical (unpaired) electrons. The average molecular weight is 384 g/mol. The number of hydrogen-bond donors (Lipinski definition) is 2. The summed E-state index contributed by atoms with van der Waals surface area (Å²) >= 11 is 0. The molecular formula is C21H28N4O3. The lowest BCUT2D eigenvalue weighted by atomic mass is 9.89. The van der Waals surface area contributed by atoms with Crippen molar-refractivity contribution >= 4 is 17.7 Å². The van der Waals surface area contributed by atoms with Gasteiger partial charge in [-0.05, 0) is 50.4 Å². The number of carbonyl (C=O) groups excluding carboxylic acids is 3. The van der Waals surface area contributed by atoms with Crippen LogP contribution in [0.1, 0.15) is 54.1 Å². The summed E-state index contributed by atoms with van der Waals surface area (Å²) in [5.41, 5.74) is 3.00. The van der Waals surface area contributed by atoms with Crippen molar-refractivity contribution in [1.82, 2.24) is 20.4 Å². The Hall–Kier alpha value is -2.25. The number of nitrogens with zero attached hydrogens (tertiary/aromatic N) is 2. The molecule has 0 saturated carbocycles. The quantitative estimate of drug-likeness (QED) is 0.758. The van der Waals surface area contributed by atoms with E-state index in [1.807, 2.05) is 19.2 Å². The standard InChI is InChI=1S/C21H28N4O3/c1-21(22-2)7-9-24(10-8-21)12-14-3-4-15-13-25(20(28)16(15)11-14)17-5-6-18(26)23-19(17)27/h3-4,11,17,22H,5-10,12-13H2,1-2H3,(H,23,26,27). The van der Waals surface area contributed by atoms with Crippen molar-refractivity contribution in [2.45, 2.75) is 57.3 Å². The topological polar surface area (TPSA) is 81.8 Å². The third kappa shape index (κ3) is 3.56. The molecule has 3 aliphatic rings. The summed E-state index contributed by atoms with van der Waals surface area (Å²) in [5, 5.41) is 5.76. The fourth-order valence-electron chi connectivity index (χ4n) is 4.41. The van der Waals surface area contributed by atoms with Gasteiger partial charge in [-0.1, -0.05) is 12.1 Å². The molecule has 1 atom stereocenters. The Bertz CT molecular complexity index is 814. The van der Waals surface area contributed by atoms with Crippen LogP contribution in [-0.4, -0.2) is 59.2 Å². The van der Waals surface area contributed by atoms with Crippen molar-refractivity contribution in [3.05, 3.63) is 34.9 Å². The van der Waals surface area contributed by atoms with Gasteiger partial charge >= 0.3 is 0 Å². The molecular weight excluding hydrogens is 356 g/mol. The Morgan fingerprint density at radius 2 is 1.96 bits per heavy atom. The zero-order valence-corrected chi connectivity index (χ0v) is 16.6. The van der Waals surface area contributed by atoms with E-state index < -0.39 is 6.04 Å². The van der Waals surface area contributed by atoms with Gasteiger partial charge in [-0.15, -0.1) is 0 Å². The molecule has 0 aromatic heterocycles. The molecule has 1 aromatic rings. The van der Waals surface area contributed by atoms with Crippen LogP contribution in [0, 0.1) is 0 Å². The summed E-state index contributed by atoms with van der Waals surface area (Å²) in [6, 6.07) is 5.53. The van der Waals surface area contributed by atoms with Crippen LogP contribution in [0.5, 0.6) is 0 Å². The molecule has 1 aromatic carbocycles. The normalized spacial score (nSPS) is 25.0. The number of piperidine rings is 2.